The maximum atomic E-state index is 6.30. The van der Waals surface area contributed by atoms with Gasteiger partial charge in [0.25, 0.3) is 0 Å². The number of nitrogens with zero attached hydrogens (tertiary/aromatic N) is 2. The van der Waals surface area contributed by atoms with Gasteiger partial charge in [0.05, 0.1) is 6.61 Å². The minimum Gasteiger partial charge on any atom is -0.367 e. The van der Waals surface area contributed by atoms with Crippen LogP contribution in [-0.4, -0.2) is 50.1 Å². The van der Waals surface area contributed by atoms with Crippen molar-refractivity contribution < 1.29 is 4.74 Å². The molecule has 24 heavy (non-hydrogen) atoms. The van der Waals surface area contributed by atoms with Crippen molar-refractivity contribution in [3.05, 3.63) is 71.3 Å². The zero-order chi connectivity index (χ0) is 16.8. The molecule has 0 saturated heterocycles. The smallest absolute Gasteiger partial charge is 0.108 e. The van der Waals surface area contributed by atoms with Crippen LogP contribution in [0.4, 0.5) is 0 Å². The van der Waals surface area contributed by atoms with E-state index >= 15 is 0 Å². The van der Waals surface area contributed by atoms with Crippen LogP contribution in [0.3, 0.4) is 0 Å². The van der Waals surface area contributed by atoms with Gasteiger partial charge < -0.3 is 9.64 Å². The van der Waals surface area contributed by atoms with E-state index in [4.69, 9.17) is 4.74 Å². The summed E-state index contributed by atoms with van der Waals surface area (Å²) in [4.78, 5) is 4.77. The fourth-order valence-corrected chi connectivity index (χ4v) is 3.35. The van der Waals surface area contributed by atoms with Crippen molar-refractivity contribution in [3.63, 3.8) is 0 Å². The third-order valence-electron chi connectivity index (χ3n) is 4.61. The normalized spacial score (nSPS) is 18.9. The van der Waals surface area contributed by atoms with Crippen LogP contribution in [-0.2, 0) is 11.3 Å². The first-order valence-corrected chi connectivity index (χ1v) is 8.85. The van der Waals surface area contributed by atoms with Gasteiger partial charge in [-0.3, -0.25) is 4.90 Å². The van der Waals surface area contributed by atoms with Gasteiger partial charge in [0.1, 0.15) is 6.10 Å². The van der Waals surface area contributed by atoms with Gasteiger partial charge in [-0.15, -0.1) is 0 Å². The largest absolute Gasteiger partial charge is 0.367 e. The second kappa shape index (κ2) is 8.43. The molecule has 3 rings (SSSR count). The van der Waals surface area contributed by atoms with E-state index in [0.29, 0.717) is 0 Å². The molecule has 0 aromatic heterocycles. The van der Waals surface area contributed by atoms with Crippen LogP contribution in [0.25, 0.3) is 0 Å². The van der Waals surface area contributed by atoms with Gasteiger partial charge in [-0.2, -0.15) is 0 Å². The molecule has 0 radical (unpaired) electrons. The van der Waals surface area contributed by atoms with E-state index in [0.717, 1.165) is 32.8 Å². The third-order valence-corrected chi connectivity index (χ3v) is 4.61. The molecule has 1 aliphatic heterocycles. The molecule has 1 heterocycles. The van der Waals surface area contributed by atoms with Crippen molar-refractivity contribution in [2.24, 2.45) is 0 Å². The molecule has 0 saturated carbocycles. The van der Waals surface area contributed by atoms with E-state index in [1.807, 2.05) is 0 Å². The first-order chi connectivity index (χ1) is 11.7. The number of rotatable bonds is 5. The second-order valence-electron chi connectivity index (χ2n) is 6.79. The molecule has 3 nitrogen and oxygen atoms in total. The zero-order valence-electron chi connectivity index (χ0n) is 14.8. The Balaban J connectivity index is 1.78. The molecular weight excluding hydrogens is 296 g/mol. The zero-order valence-corrected chi connectivity index (χ0v) is 14.8. The number of fused-ring (bicyclic) bond motifs is 1. The van der Waals surface area contributed by atoms with Gasteiger partial charge in [-0.05, 0) is 50.3 Å². The van der Waals surface area contributed by atoms with Gasteiger partial charge in [0, 0.05) is 13.1 Å². The van der Waals surface area contributed by atoms with E-state index in [1.165, 1.54) is 23.1 Å². The van der Waals surface area contributed by atoms with Crippen LogP contribution >= 0.6 is 0 Å². The molecule has 1 atom stereocenters. The van der Waals surface area contributed by atoms with Crippen molar-refractivity contribution in [2.75, 3.05) is 40.3 Å². The van der Waals surface area contributed by atoms with Gasteiger partial charge in [0.2, 0.25) is 0 Å². The molecule has 3 heteroatoms. The number of benzene rings is 2. The average Bonchev–Trinajstić information content (AvgIpc) is 2.57. The van der Waals surface area contributed by atoms with E-state index in [1.54, 1.807) is 0 Å². The summed E-state index contributed by atoms with van der Waals surface area (Å²) >= 11 is 0. The highest BCUT2D eigenvalue weighted by atomic mass is 16.5. The van der Waals surface area contributed by atoms with Crippen LogP contribution in [0.1, 0.15) is 29.2 Å². The highest BCUT2D eigenvalue weighted by Crippen LogP contribution is 2.30. The summed E-state index contributed by atoms with van der Waals surface area (Å²) in [6.45, 7) is 5.02. The second-order valence-corrected chi connectivity index (χ2v) is 6.79. The van der Waals surface area contributed by atoms with E-state index < -0.39 is 0 Å². The highest BCUT2D eigenvalue weighted by molar-refractivity contribution is 5.36. The molecule has 0 N–H and O–H groups in total. The van der Waals surface area contributed by atoms with Crippen LogP contribution in [0.2, 0.25) is 0 Å². The molecule has 128 valence electrons. The lowest BCUT2D eigenvalue weighted by Gasteiger charge is -2.30. The summed E-state index contributed by atoms with van der Waals surface area (Å²) < 4.78 is 6.30. The summed E-state index contributed by atoms with van der Waals surface area (Å²) in [6.07, 6.45) is 1.24. The lowest BCUT2D eigenvalue weighted by molar-refractivity contribution is 0.0485. The van der Waals surface area contributed by atoms with Crippen molar-refractivity contribution in [1.29, 1.82) is 0 Å². The minimum atomic E-state index is 0.0475. The Morgan fingerprint density at radius 3 is 2.58 bits per heavy atom. The Bertz CT molecular complexity index is 627. The molecule has 0 aliphatic carbocycles. The Kier molecular flexibility index (Phi) is 6.02. The topological polar surface area (TPSA) is 15.7 Å². The number of ether oxygens (including phenoxy) is 1. The van der Waals surface area contributed by atoms with Gasteiger partial charge in [-0.25, -0.2) is 0 Å². The monoisotopic (exact) mass is 324 g/mol. The van der Waals surface area contributed by atoms with Crippen molar-refractivity contribution in [1.82, 2.24) is 9.80 Å². The quantitative estimate of drug-likeness (QED) is 0.836. The van der Waals surface area contributed by atoms with Gasteiger partial charge in [0.15, 0.2) is 0 Å². The molecule has 0 amide bonds. The first kappa shape index (κ1) is 17.2. The highest BCUT2D eigenvalue weighted by Gasteiger charge is 2.22. The molecule has 1 aliphatic rings. The maximum absolute atomic E-state index is 6.30. The molecule has 0 spiro atoms. The summed E-state index contributed by atoms with van der Waals surface area (Å²) in [5, 5.41) is 0. The molecule has 0 bridgehead atoms. The Morgan fingerprint density at radius 2 is 1.79 bits per heavy atom. The van der Waals surface area contributed by atoms with Crippen molar-refractivity contribution >= 4 is 0 Å². The van der Waals surface area contributed by atoms with Crippen molar-refractivity contribution in [2.45, 2.75) is 19.1 Å². The number of hydrogen-bond donors (Lipinski definition) is 0. The van der Waals surface area contributed by atoms with Crippen LogP contribution < -0.4 is 0 Å². The first-order valence-electron chi connectivity index (χ1n) is 8.85. The molecule has 2 aromatic rings. The standard InChI is InChI=1S/C21H28N2O/c1-22(2)13-8-14-23-15-16-24-21(18-9-4-3-5-10-18)20-12-7-6-11-19(20)17-23/h3-7,9-12,21H,8,13-17H2,1-2H3. The van der Waals surface area contributed by atoms with E-state index in [9.17, 15) is 0 Å². The lowest BCUT2D eigenvalue weighted by Crippen LogP contribution is -2.33. The molecular formula is C21H28N2O. The van der Waals surface area contributed by atoms with Crippen LogP contribution in [0, 0.1) is 0 Å². The minimum absolute atomic E-state index is 0.0475. The molecule has 2 aromatic carbocycles. The summed E-state index contributed by atoms with van der Waals surface area (Å²) in [7, 11) is 4.27. The van der Waals surface area contributed by atoms with Crippen molar-refractivity contribution in [3.8, 4) is 0 Å². The predicted molar refractivity (Wildman–Crippen MR) is 99.1 cm³/mol. The molecule has 0 fully saturated rings. The summed E-state index contributed by atoms with van der Waals surface area (Å²) in [6, 6.07) is 19.3. The fraction of sp³-hybridized carbons (Fsp3) is 0.429. The Labute approximate surface area is 145 Å². The lowest BCUT2D eigenvalue weighted by atomic mass is 9.95. The van der Waals surface area contributed by atoms with Crippen LogP contribution in [0.5, 0.6) is 0 Å². The summed E-state index contributed by atoms with van der Waals surface area (Å²) in [5.74, 6) is 0. The SMILES string of the molecule is CN(C)CCCN1CCOC(c2ccccc2)c2ccccc2C1. The average molecular weight is 324 g/mol. The van der Waals surface area contributed by atoms with E-state index in [-0.39, 0.29) is 6.10 Å². The Hall–Kier alpha value is -1.68. The van der Waals surface area contributed by atoms with Crippen LogP contribution in [0.15, 0.2) is 54.6 Å². The number of hydrogen-bond acceptors (Lipinski definition) is 3. The molecule has 1 unspecified atom stereocenters. The van der Waals surface area contributed by atoms with E-state index in [2.05, 4.69) is 78.5 Å². The van der Waals surface area contributed by atoms with Gasteiger partial charge in [-0.1, -0.05) is 54.6 Å². The van der Waals surface area contributed by atoms with Gasteiger partial charge >= 0.3 is 0 Å². The fourth-order valence-electron chi connectivity index (χ4n) is 3.35. The predicted octanol–water partition coefficient (Wildman–Crippen LogP) is 3.56. The summed E-state index contributed by atoms with van der Waals surface area (Å²) in [5.41, 5.74) is 3.93. The third kappa shape index (κ3) is 4.44. The maximum Gasteiger partial charge on any atom is 0.108 e. The Morgan fingerprint density at radius 1 is 1.04 bits per heavy atom.